The van der Waals surface area contributed by atoms with Crippen molar-refractivity contribution in [2.24, 2.45) is 0 Å². The Labute approximate surface area is 132 Å². The zero-order valence-electron chi connectivity index (χ0n) is 12.3. The van der Waals surface area contributed by atoms with Crippen molar-refractivity contribution < 1.29 is 14.2 Å². The van der Waals surface area contributed by atoms with Crippen LogP contribution in [0.25, 0.3) is 0 Å². The molecule has 1 aromatic heterocycles. The monoisotopic (exact) mass is 316 g/mol. The van der Waals surface area contributed by atoms with Gasteiger partial charge in [-0.1, -0.05) is 17.3 Å². The molecule has 0 bridgehead atoms. The molecule has 0 unspecified atom stereocenters. The first kappa shape index (κ1) is 15.0. The fraction of sp³-hybridized carbons (Fsp3) is 0.333. The molecule has 1 heterocycles. The predicted molar refractivity (Wildman–Crippen MR) is 82.4 cm³/mol. The summed E-state index contributed by atoms with van der Waals surface area (Å²) >= 11 is 0. The van der Waals surface area contributed by atoms with Crippen LogP contribution in [0.2, 0.25) is 0 Å². The van der Waals surface area contributed by atoms with Crippen molar-refractivity contribution in [1.29, 1.82) is 0 Å². The Kier molecular flexibility index (Phi) is 4.22. The van der Waals surface area contributed by atoms with Gasteiger partial charge in [0.2, 0.25) is 0 Å². The number of hydrogen-bond acceptors (Lipinski definition) is 6. The van der Waals surface area contributed by atoms with Gasteiger partial charge in [-0.2, -0.15) is 0 Å². The number of benzene rings is 1. The van der Waals surface area contributed by atoms with E-state index in [0.717, 1.165) is 18.6 Å². The summed E-state index contributed by atoms with van der Waals surface area (Å²) in [5.74, 6) is 0.850. The molecule has 23 heavy (non-hydrogen) atoms. The highest BCUT2D eigenvalue weighted by Crippen LogP contribution is 2.40. The number of carbonyl (C=O) groups is 1. The molecule has 8 nitrogen and oxygen atoms in total. The Morgan fingerprint density at radius 3 is 2.87 bits per heavy atom. The lowest BCUT2D eigenvalue weighted by Gasteiger charge is -2.07. The molecular formula is C15H16N4O4. The molecule has 1 saturated carbocycles. The number of rotatable bonds is 7. The van der Waals surface area contributed by atoms with Crippen LogP contribution >= 0.6 is 0 Å². The zero-order chi connectivity index (χ0) is 16.2. The second-order valence-electron chi connectivity index (χ2n) is 5.35. The summed E-state index contributed by atoms with van der Waals surface area (Å²) < 4.78 is 5.13. The molecule has 2 aromatic rings. The van der Waals surface area contributed by atoms with E-state index in [0.29, 0.717) is 24.7 Å². The fourth-order valence-electron chi connectivity index (χ4n) is 2.20. The Morgan fingerprint density at radius 1 is 1.35 bits per heavy atom. The van der Waals surface area contributed by atoms with Crippen LogP contribution in [0.15, 0.2) is 34.9 Å². The summed E-state index contributed by atoms with van der Waals surface area (Å²) in [5, 5.41) is 20.3. The Bertz CT molecular complexity index is 724. The van der Waals surface area contributed by atoms with E-state index in [-0.39, 0.29) is 17.3 Å². The largest absolute Gasteiger partial charge is 0.378 e. The molecule has 0 radical (unpaired) electrons. The molecule has 1 aliphatic carbocycles. The summed E-state index contributed by atoms with van der Waals surface area (Å²) in [6, 6.07) is 8.04. The number of amides is 1. The summed E-state index contributed by atoms with van der Waals surface area (Å²) in [6.45, 7) is 0.681. The molecule has 0 aliphatic heterocycles. The van der Waals surface area contributed by atoms with E-state index in [2.05, 4.69) is 15.8 Å². The maximum atomic E-state index is 11.9. The minimum absolute atomic E-state index is 0.00408. The van der Waals surface area contributed by atoms with Crippen molar-refractivity contribution in [3.05, 3.63) is 51.9 Å². The second-order valence-corrected chi connectivity index (χ2v) is 5.35. The van der Waals surface area contributed by atoms with Gasteiger partial charge in [-0.3, -0.25) is 14.9 Å². The molecule has 8 heteroatoms. The van der Waals surface area contributed by atoms with Gasteiger partial charge in [0.15, 0.2) is 5.69 Å². The van der Waals surface area contributed by atoms with Gasteiger partial charge in [0.25, 0.3) is 11.6 Å². The maximum absolute atomic E-state index is 11.9. The van der Waals surface area contributed by atoms with Crippen molar-refractivity contribution in [2.45, 2.75) is 18.8 Å². The van der Waals surface area contributed by atoms with Gasteiger partial charge < -0.3 is 15.2 Å². The van der Waals surface area contributed by atoms with Gasteiger partial charge >= 0.3 is 0 Å². The Balaban J connectivity index is 1.47. The fourth-order valence-corrected chi connectivity index (χ4v) is 2.20. The number of nitro benzene ring substituents is 1. The van der Waals surface area contributed by atoms with Gasteiger partial charge in [-0.15, -0.1) is 0 Å². The molecule has 0 atom stereocenters. The normalized spacial score (nSPS) is 13.6. The van der Waals surface area contributed by atoms with E-state index in [1.165, 1.54) is 6.07 Å². The van der Waals surface area contributed by atoms with Crippen LogP contribution in [-0.2, 0) is 0 Å². The molecule has 3 rings (SSSR count). The van der Waals surface area contributed by atoms with Crippen LogP contribution in [0.3, 0.4) is 0 Å². The molecule has 1 amide bonds. The highest BCUT2D eigenvalue weighted by molar-refractivity contribution is 5.92. The number of aromatic nitrogens is 1. The Morgan fingerprint density at radius 2 is 2.13 bits per heavy atom. The quantitative estimate of drug-likeness (QED) is 0.461. The smallest absolute Gasteiger partial charge is 0.292 e. The van der Waals surface area contributed by atoms with Crippen LogP contribution < -0.4 is 10.6 Å². The van der Waals surface area contributed by atoms with E-state index in [4.69, 9.17) is 4.52 Å². The van der Waals surface area contributed by atoms with E-state index < -0.39 is 4.92 Å². The van der Waals surface area contributed by atoms with Crippen LogP contribution in [0, 0.1) is 10.1 Å². The Hall–Kier alpha value is -2.90. The molecular weight excluding hydrogens is 300 g/mol. The molecule has 0 saturated heterocycles. The predicted octanol–water partition coefficient (Wildman–Crippen LogP) is 2.30. The van der Waals surface area contributed by atoms with Gasteiger partial charge in [-0.25, -0.2) is 0 Å². The summed E-state index contributed by atoms with van der Waals surface area (Å²) in [6.07, 6.45) is 2.16. The lowest BCUT2D eigenvalue weighted by Crippen LogP contribution is -2.29. The third-order valence-corrected chi connectivity index (χ3v) is 3.57. The molecule has 1 aromatic carbocycles. The van der Waals surface area contributed by atoms with Crippen molar-refractivity contribution >= 4 is 17.3 Å². The van der Waals surface area contributed by atoms with Gasteiger partial charge in [0.05, 0.1) is 4.92 Å². The summed E-state index contributed by atoms with van der Waals surface area (Å²) in [5.41, 5.74) is 0.686. The maximum Gasteiger partial charge on any atom is 0.292 e. The standard InChI is InChI=1S/C15H16N4O4/c20-15(12-9-14(23-18-12)10-5-6-10)17-8-7-16-11-3-1-2-4-13(11)19(21)22/h1-4,9-10,16H,5-8H2,(H,17,20). The number of anilines is 1. The minimum Gasteiger partial charge on any atom is -0.378 e. The van der Waals surface area contributed by atoms with Crippen LogP contribution in [0.4, 0.5) is 11.4 Å². The lowest BCUT2D eigenvalue weighted by molar-refractivity contribution is -0.384. The van der Waals surface area contributed by atoms with E-state index in [1.54, 1.807) is 24.3 Å². The van der Waals surface area contributed by atoms with Gasteiger partial charge in [-0.05, 0) is 18.9 Å². The first-order valence-electron chi connectivity index (χ1n) is 7.37. The number of carbonyl (C=O) groups excluding carboxylic acids is 1. The average molecular weight is 316 g/mol. The van der Waals surface area contributed by atoms with E-state index >= 15 is 0 Å². The van der Waals surface area contributed by atoms with Gasteiger partial charge in [0.1, 0.15) is 11.4 Å². The molecule has 1 aliphatic rings. The number of nitrogens with zero attached hydrogens (tertiary/aromatic N) is 2. The molecule has 1 fully saturated rings. The second kappa shape index (κ2) is 6.47. The van der Waals surface area contributed by atoms with Gasteiger partial charge in [0, 0.05) is 31.1 Å². The van der Waals surface area contributed by atoms with Crippen molar-refractivity contribution in [1.82, 2.24) is 10.5 Å². The number of nitro groups is 1. The highest BCUT2D eigenvalue weighted by atomic mass is 16.6. The van der Waals surface area contributed by atoms with Crippen LogP contribution in [0.1, 0.15) is 35.0 Å². The number of hydrogen-bond donors (Lipinski definition) is 2. The first-order chi connectivity index (χ1) is 11.1. The van der Waals surface area contributed by atoms with Crippen LogP contribution in [-0.4, -0.2) is 29.1 Å². The van der Waals surface area contributed by atoms with Crippen LogP contribution in [0.5, 0.6) is 0 Å². The molecule has 2 N–H and O–H groups in total. The summed E-state index contributed by atoms with van der Waals surface area (Å²) in [4.78, 5) is 22.4. The average Bonchev–Trinajstić information content (AvgIpc) is 3.28. The van der Waals surface area contributed by atoms with Crippen molar-refractivity contribution in [3.8, 4) is 0 Å². The van der Waals surface area contributed by atoms with E-state index in [9.17, 15) is 14.9 Å². The topological polar surface area (TPSA) is 110 Å². The molecule has 0 spiro atoms. The molecule has 120 valence electrons. The zero-order valence-corrected chi connectivity index (χ0v) is 12.3. The van der Waals surface area contributed by atoms with Crippen molar-refractivity contribution in [2.75, 3.05) is 18.4 Å². The van der Waals surface area contributed by atoms with Crippen molar-refractivity contribution in [3.63, 3.8) is 0 Å². The van der Waals surface area contributed by atoms with E-state index in [1.807, 2.05) is 0 Å². The lowest BCUT2D eigenvalue weighted by atomic mass is 10.2. The highest BCUT2D eigenvalue weighted by Gasteiger charge is 2.28. The number of nitrogens with one attached hydrogen (secondary N) is 2. The third kappa shape index (κ3) is 3.65. The number of para-hydroxylation sites is 2. The SMILES string of the molecule is O=C(NCCNc1ccccc1[N+](=O)[O-])c1cc(C2CC2)on1. The first-order valence-corrected chi connectivity index (χ1v) is 7.37. The summed E-state index contributed by atoms with van der Waals surface area (Å²) in [7, 11) is 0. The third-order valence-electron chi connectivity index (χ3n) is 3.57. The minimum atomic E-state index is -0.449.